The summed E-state index contributed by atoms with van der Waals surface area (Å²) in [5, 5.41) is 5.41. The second-order valence-corrected chi connectivity index (χ2v) is 4.42. The molecule has 2 nitrogen and oxygen atoms in total. The van der Waals surface area contributed by atoms with Crippen molar-refractivity contribution in [3.05, 3.63) is 21.9 Å². The van der Waals surface area contributed by atoms with Gasteiger partial charge >= 0.3 is 0 Å². The molecule has 0 bridgehead atoms. The molecule has 0 fully saturated rings. The van der Waals surface area contributed by atoms with Crippen LogP contribution in [0.5, 0.6) is 0 Å². The molecule has 2 atom stereocenters. The lowest BCUT2D eigenvalue weighted by molar-refractivity contribution is 0.0227. The van der Waals surface area contributed by atoms with Gasteiger partial charge in [-0.1, -0.05) is 0 Å². The van der Waals surface area contributed by atoms with Crippen LogP contribution in [-0.2, 0) is 11.2 Å². The molecular formula is C10H15NOS. The first-order valence-corrected chi connectivity index (χ1v) is 5.56. The molecule has 0 aliphatic carbocycles. The van der Waals surface area contributed by atoms with Gasteiger partial charge in [-0.2, -0.15) is 0 Å². The first-order chi connectivity index (χ1) is 6.33. The molecule has 0 saturated heterocycles. The molecule has 0 amide bonds. The van der Waals surface area contributed by atoms with E-state index in [1.54, 1.807) is 0 Å². The average Bonchev–Trinajstić information content (AvgIpc) is 2.63. The number of thiophene rings is 1. The summed E-state index contributed by atoms with van der Waals surface area (Å²) < 4.78 is 5.76. The number of hydrogen-bond acceptors (Lipinski definition) is 3. The Morgan fingerprint density at radius 2 is 2.54 bits per heavy atom. The predicted octanol–water partition coefficient (Wildman–Crippen LogP) is 1.97. The highest BCUT2D eigenvalue weighted by Gasteiger charge is 2.25. The van der Waals surface area contributed by atoms with Gasteiger partial charge in [-0.3, -0.25) is 0 Å². The van der Waals surface area contributed by atoms with Crippen molar-refractivity contribution in [1.82, 2.24) is 5.32 Å². The summed E-state index contributed by atoms with van der Waals surface area (Å²) in [4.78, 5) is 1.50. The van der Waals surface area contributed by atoms with E-state index in [1.807, 2.05) is 18.4 Å². The molecule has 2 heterocycles. The molecule has 1 aliphatic heterocycles. The smallest absolute Gasteiger partial charge is 0.0985 e. The monoisotopic (exact) mass is 197 g/mol. The molecule has 1 aromatic heterocycles. The van der Waals surface area contributed by atoms with E-state index >= 15 is 0 Å². The van der Waals surface area contributed by atoms with E-state index in [0.29, 0.717) is 6.04 Å². The van der Waals surface area contributed by atoms with E-state index < -0.39 is 0 Å². The molecule has 3 heteroatoms. The summed E-state index contributed by atoms with van der Waals surface area (Å²) in [5.74, 6) is 0. The van der Waals surface area contributed by atoms with Crippen LogP contribution in [0.4, 0.5) is 0 Å². The van der Waals surface area contributed by atoms with Gasteiger partial charge < -0.3 is 10.1 Å². The van der Waals surface area contributed by atoms with Gasteiger partial charge in [0.2, 0.25) is 0 Å². The number of fused-ring (bicyclic) bond motifs is 1. The first-order valence-electron chi connectivity index (χ1n) is 4.68. The maximum absolute atomic E-state index is 5.76. The molecule has 0 saturated carbocycles. The van der Waals surface area contributed by atoms with Crippen LogP contribution in [-0.4, -0.2) is 19.7 Å². The number of likely N-dealkylation sites (N-methyl/N-ethyl adjacent to an activating group) is 1. The second kappa shape index (κ2) is 3.78. The summed E-state index contributed by atoms with van der Waals surface area (Å²) in [7, 11) is 1.98. The SMILES string of the molecule is CN[C@H](C)[C@@H]1OCCc2sccc21. The summed E-state index contributed by atoms with van der Waals surface area (Å²) in [6, 6.07) is 2.59. The van der Waals surface area contributed by atoms with Crippen molar-refractivity contribution >= 4 is 11.3 Å². The Kier molecular flexibility index (Phi) is 2.67. The maximum Gasteiger partial charge on any atom is 0.0985 e. The summed E-state index contributed by atoms with van der Waals surface area (Å²) in [6.45, 7) is 3.03. The Morgan fingerprint density at radius 1 is 1.69 bits per heavy atom. The van der Waals surface area contributed by atoms with Crippen LogP contribution in [0.25, 0.3) is 0 Å². The maximum atomic E-state index is 5.76. The van der Waals surface area contributed by atoms with Crippen LogP contribution in [0.15, 0.2) is 11.4 Å². The molecule has 0 spiro atoms. The van der Waals surface area contributed by atoms with Crippen LogP contribution in [0, 0.1) is 0 Å². The summed E-state index contributed by atoms with van der Waals surface area (Å²) in [5.41, 5.74) is 1.39. The molecular weight excluding hydrogens is 182 g/mol. The van der Waals surface area contributed by atoms with Crippen LogP contribution in [0.3, 0.4) is 0 Å². The standard InChI is InChI=1S/C10H15NOS/c1-7(11-2)10-8-4-6-13-9(8)3-5-12-10/h4,6-7,10-11H,3,5H2,1-2H3/t7-,10+/m1/s1. The van der Waals surface area contributed by atoms with Crippen LogP contribution in [0.1, 0.15) is 23.5 Å². The molecule has 1 aliphatic rings. The quantitative estimate of drug-likeness (QED) is 0.782. The molecule has 0 aromatic carbocycles. The molecule has 0 unspecified atom stereocenters. The van der Waals surface area contributed by atoms with Gasteiger partial charge in [-0.15, -0.1) is 11.3 Å². The Morgan fingerprint density at radius 3 is 3.31 bits per heavy atom. The fourth-order valence-electron chi connectivity index (χ4n) is 1.74. The second-order valence-electron chi connectivity index (χ2n) is 3.42. The molecule has 0 radical (unpaired) electrons. The minimum Gasteiger partial charge on any atom is -0.371 e. The van der Waals surface area contributed by atoms with Gasteiger partial charge in [0.25, 0.3) is 0 Å². The Balaban J connectivity index is 2.24. The molecule has 72 valence electrons. The normalized spacial score (nSPS) is 24.0. The van der Waals surface area contributed by atoms with E-state index in [0.717, 1.165) is 13.0 Å². The van der Waals surface area contributed by atoms with Crippen molar-refractivity contribution in [1.29, 1.82) is 0 Å². The van der Waals surface area contributed by atoms with Gasteiger partial charge in [0.15, 0.2) is 0 Å². The zero-order valence-electron chi connectivity index (χ0n) is 8.04. The lowest BCUT2D eigenvalue weighted by Crippen LogP contribution is -2.33. The largest absolute Gasteiger partial charge is 0.371 e. The Hall–Kier alpha value is -0.380. The Labute approximate surface area is 82.9 Å². The van der Waals surface area contributed by atoms with Gasteiger partial charge in [0, 0.05) is 17.3 Å². The van der Waals surface area contributed by atoms with Crippen LogP contribution < -0.4 is 5.32 Å². The zero-order valence-corrected chi connectivity index (χ0v) is 8.86. The molecule has 1 aromatic rings. The van der Waals surface area contributed by atoms with Crippen LogP contribution in [0.2, 0.25) is 0 Å². The van der Waals surface area contributed by atoms with Crippen LogP contribution >= 0.6 is 11.3 Å². The van der Waals surface area contributed by atoms with E-state index in [9.17, 15) is 0 Å². The fraction of sp³-hybridized carbons (Fsp3) is 0.600. The van der Waals surface area contributed by atoms with Crippen molar-refractivity contribution in [3.63, 3.8) is 0 Å². The topological polar surface area (TPSA) is 21.3 Å². The van der Waals surface area contributed by atoms with Crippen molar-refractivity contribution in [3.8, 4) is 0 Å². The third kappa shape index (κ3) is 1.64. The van der Waals surface area contributed by atoms with Gasteiger partial charge in [-0.25, -0.2) is 0 Å². The molecule has 2 rings (SSSR count). The average molecular weight is 197 g/mol. The Bertz CT molecular complexity index is 284. The number of ether oxygens (including phenoxy) is 1. The fourth-order valence-corrected chi connectivity index (χ4v) is 2.64. The van der Waals surface area contributed by atoms with Gasteiger partial charge in [0.05, 0.1) is 12.7 Å². The lowest BCUT2D eigenvalue weighted by atomic mass is 10.0. The summed E-state index contributed by atoms with van der Waals surface area (Å²) >= 11 is 1.85. The van der Waals surface area contributed by atoms with E-state index in [2.05, 4.69) is 23.7 Å². The first kappa shape index (κ1) is 9.19. The van der Waals surface area contributed by atoms with Gasteiger partial charge in [-0.05, 0) is 31.0 Å². The van der Waals surface area contributed by atoms with Crippen molar-refractivity contribution in [2.75, 3.05) is 13.7 Å². The van der Waals surface area contributed by atoms with Crippen molar-refractivity contribution in [2.24, 2.45) is 0 Å². The molecule has 1 N–H and O–H groups in total. The number of rotatable bonds is 2. The summed E-state index contributed by atoms with van der Waals surface area (Å²) in [6.07, 6.45) is 1.33. The number of nitrogens with one attached hydrogen (secondary N) is 1. The van der Waals surface area contributed by atoms with E-state index in [-0.39, 0.29) is 6.10 Å². The minimum atomic E-state index is 0.250. The highest BCUT2D eigenvalue weighted by atomic mass is 32.1. The lowest BCUT2D eigenvalue weighted by Gasteiger charge is -2.28. The van der Waals surface area contributed by atoms with Crippen molar-refractivity contribution < 1.29 is 4.74 Å². The molecule has 13 heavy (non-hydrogen) atoms. The zero-order chi connectivity index (χ0) is 9.26. The third-order valence-electron chi connectivity index (χ3n) is 2.62. The minimum absolute atomic E-state index is 0.250. The third-order valence-corrected chi connectivity index (χ3v) is 3.62. The van der Waals surface area contributed by atoms with Crippen molar-refractivity contribution in [2.45, 2.75) is 25.5 Å². The number of hydrogen-bond donors (Lipinski definition) is 1. The highest BCUT2D eigenvalue weighted by Crippen LogP contribution is 2.32. The highest BCUT2D eigenvalue weighted by molar-refractivity contribution is 7.10. The van der Waals surface area contributed by atoms with E-state index in [4.69, 9.17) is 4.74 Å². The van der Waals surface area contributed by atoms with Gasteiger partial charge in [0.1, 0.15) is 0 Å². The predicted molar refractivity (Wildman–Crippen MR) is 55.2 cm³/mol. The van der Waals surface area contributed by atoms with E-state index in [1.165, 1.54) is 10.4 Å².